The number of hydrogen-bond donors (Lipinski definition) is 5. The van der Waals surface area contributed by atoms with Gasteiger partial charge >= 0.3 is 7.82 Å². The molecule has 0 spiro atoms. The van der Waals surface area contributed by atoms with Crippen molar-refractivity contribution in [3.63, 3.8) is 0 Å². The first-order valence-electron chi connectivity index (χ1n) is 13.1. The normalized spacial score (nSPS) is 38.2. The summed E-state index contributed by atoms with van der Waals surface area (Å²) in [6.45, 7) is -1.40. The number of H-pyrrole nitrogens is 1. The summed E-state index contributed by atoms with van der Waals surface area (Å²) in [6, 6.07) is 6.99. The Bertz CT molecular complexity index is 1890. The van der Waals surface area contributed by atoms with Crippen molar-refractivity contribution in [1.29, 1.82) is 0 Å². The summed E-state index contributed by atoms with van der Waals surface area (Å²) >= 11 is 0. The van der Waals surface area contributed by atoms with Crippen LogP contribution in [0.25, 0.3) is 22.2 Å². The summed E-state index contributed by atoms with van der Waals surface area (Å²) in [4.78, 5) is 37.5. The first kappa shape index (κ1) is 29.7. The van der Waals surface area contributed by atoms with E-state index in [1.807, 2.05) is 0 Å². The Morgan fingerprint density at radius 1 is 0.955 bits per heavy atom. The van der Waals surface area contributed by atoms with Gasteiger partial charge in [0.25, 0.3) is 13.0 Å². The highest BCUT2D eigenvalue weighted by molar-refractivity contribution is 7.79. The number of phosphoric acid groups is 1. The predicted octanol–water partition coefficient (Wildman–Crippen LogP) is -0.537. The van der Waals surface area contributed by atoms with Crippen molar-refractivity contribution < 1.29 is 51.8 Å². The third kappa shape index (κ3) is 5.21. The van der Waals surface area contributed by atoms with E-state index in [0.717, 1.165) is 6.33 Å². The molecule has 0 amide bonds. The smallest absolute Gasteiger partial charge is 0.387 e. The standard InChI is InChI=1S/C22H24BN7O12P2/c23-43(34)37-6-12-16(15(32)20(40-12)29-7-25-9-3-1-2-4-10(9)29)42-44(35,36)38-5-11-14(31)17(41-43)21(39-11)30-8-26-13-18(30)27-22(24)28-19(13)33/h1-4,7-8,11-12,14-17,20-21,31-32H,5-6H2,(H,35,36)(H3,24,27,28,33)/t11-,12-,14?,15+,16?,17+,20-,21-,43?/m1/s1. The van der Waals surface area contributed by atoms with E-state index in [-0.39, 0.29) is 17.1 Å². The topological polar surface area (TPSA) is 258 Å². The number of hydrogen-bond acceptors (Lipinski definition) is 15. The molecule has 0 saturated carbocycles. The Balaban J connectivity index is 1.21. The molecule has 10 atom stereocenters. The highest BCUT2D eigenvalue weighted by atomic mass is 31.2. The largest absolute Gasteiger partial charge is 0.472 e. The molecule has 3 aliphatic rings. The summed E-state index contributed by atoms with van der Waals surface area (Å²) in [5.41, 5.74) is 5.99. The molecule has 4 unspecified atom stereocenters. The molecule has 44 heavy (non-hydrogen) atoms. The van der Waals surface area contributed by atoms with Crippen molar-refractivity contribution in [3.8, 4) is 0 Å². The summed E-state index contributed by atoms with van der Waals surface area (Å²) in [7, 11) is -3.64. The number of ether oxygens (including phenoxy) is 2. The van der Waals surface area contributed by atoms with Crippen LogP contribution in [0.15, 0.2) is 41.7 Å². The number of nitrogen functional groups attached to an aromatic ring is 1. The lowest BCUT2D eigenvalue weighted by Crippen LogP contribution is -2.36. The number of aromatic amines is 1. The Hall–Kier alpha value is -3.00. The highest BCUT2D eigenvalue weighted by Crippen LogP contribution is 2.53. The summed E-state index contributed by atoms with van der Waals surface area (Å²) < 4.78 is 62.4. The Morgan fingerprint density at radius 2 is 1.68 bits per heavy atom. The van der Waals surface area contributed by atoms with E-state index >= 15 is 0 Å². The molecule has 19 nitrogen and oxygen atoms in total. The van der Waals surface area contributed by atoms with Crippen LogP contribution in [0, 0.1) is 0 Å². The average Bonchev–Trinajstić information content (AvgIpc) is 3.72. The monoisotopic (exact) mass is 651 g/mol. The van der Waals surface area contributed by atoms with Crippen molar-refractivity contribution in [3.05, 3.63) is 47.3 Å². The zero-order valence-corrected chi connectivity index (χ0v) is 24.1. The molecule has 7 rings (SSSR count). The van der Waals surface area contributed by atoms with Crippen LogP contribution in [0.3, 0.4) is 0 Å². The number of aromatic nitrogens is 6. The number of anilines is 1. The maximum Gasteiger partial charge on any atom is 0.472 e. The molecule has 3 aliphatic heterocycles. The zero-order chi connectivity index (χ0) is 31.0. The first-order chi connectivity index (χ1) is 20.9. The molecular weight excluding hydrogens is 627 g/mol. The summed E-state index contributed by atoms with van der Waals surface area (Å²) in [5, 5.41) is 22.2. The van der Waals surface area contributed by atoms with E-state index in [1.165, 1.54) is 15.5 Å². The Morgan fingerprint density at radius 3 is 2.50 bits per heavy atom. The molecule has 232 valence electrons. The zero-order valence-electron chi connectivity index (χ0n) is 22.3. The molecule has 3 aromatic heterocycles. The molecule has 3 fully saturated rings. The van der Waals surface area contributed by atoms with Crippen molar-refractivity contribution >= 4 is 51.0 Å². The fourth-order valence-electron chi connectivity index (χ4n) is 5.45. The van der Waals surface area contributed by atoms with Crippen LogP contribution in [-0.4, -0.2) is 102 Å². The van der Waals surface area contributed by atoms with Gasteiger partial charge in [-0.2, -0.15) is 4.98 Å². The third-order valence-corrected chi connectivity index (χ3v) is 9.48. The number of aliphatic hydroxyl groups is 2. The van der Waals surface area contributed by atoms with Crippen LogP contribution in [0.4, 0.5) is 5.95 Å². The fraction of sp³-hybridized carbons (Fsp3) is 0.455. The van der Waals surface area contributed by atoms with Gasteiger partial charge in [-0.1, -0.05) is 12.1 Å². The van der Waals surface area contributed by atoms with E-state index in [9.17, 15) is 29.0 Å². The predicted molar refractivity (Wildman–Crippen MR) is 147 cm³/mol. The second-order valence-electron chi connectivity index (χ2n) is 10.3. The molecule has 6 N–H and O–H groups in total. The van der Waals surface area contributed by atoms with Gasteiger partial charge in [0, 0.05) is 0 Å². The van der Waals surface area contributed by atoms with Gasteiger partial charge in [0.2, 0.25) is 13.5 Å². The molecule has 6 heterocycles. The number of rotatable bonds is 2. The van der Waals surface area contributed by atoms with E-state index in [1.54, 1.807) is 24.3 Å². The number of para-hydroxylation sites is 2. The lowest BCUT2D eigenvalue weighted by Gasteiger charge is -2.27. The van der Waals surface area contributed by atoms with Crippen LogP contribution in [-0.2, 0) is 36.7 Å². The lowest BCUT2D eigenvalue weighted by molar-refractivity contribution is -0.0620. The van der Waals surface area contributed by atoms with Gasteiger partial charge in [-0.3, -0.25) is 28.0 Å². The van der Waals surface area contributed by atoms with Crippen LogP contribution >= 0.6 is 15.3 Å². The molecule has 3 saturated heterocycles. The van der Waals surface area contributed by atoms with Gasteiger partial charge in [0.05, 0.1) is 36.9 Å². The minimum Gasteiger partial charge on any atom is -0.387 e. The van der Waals surface area contributed by atoms with Gasteiger partial charge in [-0.25, -0.2) is 14.5 Å². The van der Waals surface area contributed by atoms with E-state index in [4.69, 9.17) is 40.9 Å². The van der Waals surface area contributed by atoms with Crippen LogP contribution in [0.2, 0.25) is 0 Å². The lowest BCUT2D eigenvalue weighted by atomic mass is 10.1. The quantitative estimate of drug-likeness (QED) is 0.135. The minimum absolute atomic E-state index is 0.0714. The number of imidazole rings is 2. The number of phosphoric ester groups is 1. The summed E-state index contributed by atoms with van der Waals surface area (Å²) in [6.07, 6.45) is -9.04. The van der Waals surface area contributed by atoms with Crippen LogP contribution < -0.4 is 11.3 Å². The van der Waals surface area contributed by atoms with Gasteiger partial charge in [0.15, 0.2) is 23.6 Å². The van der Waals surface area contributed by atoms with Gasteiger partial charge in [-0.05, 0) is 12.1 Å². The van der Waals surface area contributed by atoms with Gasteiger partial charge < -0.3 is 43.9 Å². The number of benzene rings is 1. The number of nitrogens with zero attached hydrogens (tertiary/aromatic N) is 5. The Kier molecular flexibility index (Phi) is 7.30. The third-order valence-electron chi connectivity index (χ3n) is 7.45. The van der Waals surface area contributed by atoms with Crippen molar-refractivity contribution in [2.75, 3.05) is 18.9 Å². The highest BCUT2D eigenvalue weighted by Gasteiger charge is 2.53. The molecule has 2 radical (unpaired) electrons. The number of aliphatic hydroxyl groups excluding tert-OH is 2. The van der Waals surface area contributed by atoms with E-state index in [0.29, 0.717) is 11.0 Å². The van der Waals surface area contributed by atoms with E-state index < -0.39 is 83.1 Å². The van der Waals surface area contributed by atoms with E-state index in [2.05, 4.69) is 19.9 Å². The average molecular weight is 651 g/mol. The van der Waals surface area contributed by atoms with Crippen LogP contribution in [0.5, 0.6) is 0 Å². The molecule has 2 bridgehead atoms. The van der Waals surface area contributed by atoms with Gasteiger partial charge in [-0.15, -0.1) is 0 Å². The number of nitrogens with two attached hydrogens (primary N) is 1. The van der Waals surface area contributed by atoms with Gasteiger partial charge in [0.1, 0.15) is 36.6 Å². The van der Waals surface area contributed by atoms with Crippen molar-refractivity contribution in [1.82, 2.24) is 29.1 Å². The SMILES string of the molecule is [B]P1(=O)OC[C@H]2O[C@@H](n3cnc4ccccc43)[C@@H](O)C2OP(=O)(O)OC[C@H]2O[C@@H](n3cnc4c(=O)[nH]c(N)nc43)[C@@H](O1)C2O. The molecule has 4 aromatic rings. The van der Waals surface area contributed by atoms with Crippen molar-refractivity contribution in [2.45, 2.75) is 49.1 Å². The number of fused-ring (bicyclic) bond motifs is 5. The number of nitrogens with one attached hydrogen (secondary N) is 1. The molecule has 22 heteroatoms. The van der Waals surface area contributed by atoms with Crippen LogP contribution in [0.1, 0.15) is 12.5 Å². The minimum atomic E-state index is -4.98. The Labute approximate surface area is 247 Å². The molecule has 1 aromatic carbocycles. The second-order valence-corrected chi connectivity index (χ2v) is 13.2. The maximum atomic E-state index is 13.4. The fourth-order valence-corrected chi connectivity index (χ4v) is 7.39. The maximum absolute atomic E-state index is 13.4. The first-order valence-corrected chi connectivity index (χ1v) is 16.2. The second kappa shape index (κ2) is 10.8. The van der Waals surface area contributed by atoms with Crippen molar-refractivity contribution in [2.24, 2.45) is 0 Å². The summed E-state index contributed by atoms with van der Waals surface area (Å²) in [5.74, 6) is -0.246. The molecule has 0 aliphatic carbocycles. The molecular formula is C22H24BN7O12P2.